The number of hydrogen-bond acceptors (Lipinski definition) is 21. The van der Waals surface area contributed by atoms with Crippen LogP contribution in [-0.4, -0.2) is 122 Å². The largest absolute Gasteiger partial charge is 0.507 e. The van der Waals surface area contributed by atoms with Gasteiger partial charge in [0.15, 0.2) is 64.3 Å². The number of aromatic hydroxyl groups is 11. The first-order chi connectivity index (χ1) is 29.9. The fraction of sp³-hybridized carbons (Fsp3) is 0.190. The molecule has 5 aromatic rings. The highest BCUT2D eigenvalue weighted by molar-refractivity contribution is 6.05. The van der Waals surface area contributed by atoms with E-state index in [1.807, 2.05) is 0 Å². The fourth-order valence-electron chi connectivity index (χ4n) is 6.91. The lowest BCUT2D eigenvalue weighted by Gasteiger charge is -2.43. The number of aliphatic hydroxyl groups is 1. The summed E-state index contributed by atoms with van der Waals surface area (Å²) in [6, 6.07) is 13.1. The molecule has 5 aromatic carbocycles. The predicted octanol–water partition coefficient (Wildman–Crippen LogP) is 3.02. The van der Waals surface area contributed by atoms with Crippen molar-refractivity contribution in [1.82, 2.24) is 0 Å². The third-order valence-electron chi connectivity index (χ3n) is 10.1. The van der Waals surface area contributed by atoms with Crippen LogP contribution in [0.2, 0.25) is 0 Å². The molecule has 21 heteroatoms. The maximum atomic E-state index is 13.9. The lowest BCUT2D eigenvalue weighted by molar-refractivity contribution is -0.276. The summed E-state index contributed by atoms with van der Waals surface area (Å²) in [6.45, 7) is -1.07. The molecule has 12 N–H and O–H groups in total. The Kier molecular flexibility index (Phi) is 11.3. The number of aliphatic hydroxyl groups excluding tert-OH is 1. The highest BCUT2D eigenvalue weighted by atomic mass is 16.7. The number of hydrogen-bond donors (Lipinski definition) is 12. The van der Waals surface area contributed by atoms with Crippen molar-refractivity contribution < 1.29 is 104 Å². The fourth-order valence-corrected chi connectivity index (χ4v) is 6.91. The quantitative estimate of drug-likeness (QED) is 0.0461. The number of carbonyl (C=O) groups excluding carboxylic acids is 4. The highest BCUT2D eigenvalue weighted by Gasteiger charge is 2.52. The van der Waals surface area contributed by atoms with Crippen molar-refractivity contribution in [3.05, 3.63) is 94.5 Å². The van der Waals surface area contributed by atoms with Gasteiger partial charge in [-0.3, -0.25) is 4.79 Å². The van der Waals surface area contributed by atoms with Crippen LogP contribution in [0.5, 0.6) is 69.0 Å². The van der Waals surface area contributed by atoms with Gasteiger partial charge in [-0.05, 0) is 36.2 Å². The van der Waals surface area contributed by atoms with Crippen molar-refractivity contribution in [2.75, 3.05) is 6.61 Å². The topological polar surface area (TPSA) is 357 Å². The second-order valence-electron chi connectivity index (χ2n) is 14.1. The van der Waals surface area contributed by atoms with E-state index < -0.39 is 163 Å². The lowest BCUT2D eigenvalue weighted by atomic mass is 9.93. The Bertz CT molecular complexity index is 2630. The molecule has 1 fully saturated rings. The molecule has 1 saturated heterocycles. The van der Waals surface area contributed by atoms with Crippen molar-refractivity contribution in [2.24, 2.45) is 0 Å². The summed E-state index contributed by atoms with van der Waals surface area (Å²) in [4.78, 5) is 54.2. The zero-order valence-electron chi connectivity index (χ0n) is 31.9. The van der Waals surface area contributed by atoms with Crippen molar-refractivity contribution in [3.8, 4) is 80.1 Å². The minimum absolute atomic E-state index is 0.131. The molecule has 0 aliphatic carbocycles. The smallest absolute Gasteiger partial charge is 0.342 e. The first-order valence-electron chi connectivity index (χ1n) is 18.4. The molecular formula is C42H34O21. The molecule has 0 unspecified atom stereocenters. The number of aryl methyl sites for hydroxylation is 1. The number of carbonyl (C=O) groups is 4. The maximum Gasteiger partial charge on any atom is 0.342 e. The summed E-state index contributed by atoms with van der Waals surface area (Å²) < 4.78 is 28.0. The van der Waals surface area contributed by atoms with E-state index in [2.05, 4.69) is 0 Å². The van der Waals surface area contributed by atoms with Crippen molar-refractivity contribution in [3.63, 3.8) is 0 Å². The molecule has 0 spiro atoms. The molecule has 2 aliphatic heterocycles. The predicted molar refractivity (Wildman–Crippen MR) is 206 cm³/mol. The van der Waals surface area contributed by atoms with E-state index in [-0.39, 0.29) is 12.8 Å². The van der Waals surface area contributed by atoms with Gasteiger partial charge in [0, 0.05) is 29.7 Å². The van der Waals surface area contributed by atoms with Crippen molar-refractivity contribution in [1.29, 1.82) is 0 Å². The Hall–Kier alpha value is -8.30. The Morgan fingerprint density at radius 2 is 1.27 bits per heavy atom. The average Bonchev–Trinajstić information content (AvgIpc) is 3.24. The summed E-state index contributed by atoms with van der Waals surface area (Å²) in [5, 5.41) is 127. The second kappa shape index (κ2) is 16.6. The zero-order valence-corrected chi connectivity index (χ0v) is 31.9. The van der Waals surface area contributed by atoms with Crippen LogP contribution < -0.4 is 4.74 Å². The number of rotatable bonds is 8. The van der Waals surface area contributed by atoms with E-state index in [4.69, 9.17) is 23.7 Å². The van der Waals surface area contributed by atoms with Gasteiger partial charge in [0.1, 0.15) is 41.1 Å². The van der Waals surface area contributed by atoms with Crippen LogP contribution in [0.15, 0.2) is 66.7 Å². The zero-order chi connectivity index (χ0) is 45.6. The van der Waals surface area contributed by atoms with E-state index in [0.29, 0.717) is 24.3 Å². The summed E-state index contributed by atoms with van der Waals surface area (Å²) in [7, 11) is 0. The number of phenols is 11. The van der Waals surface area contributed by atoms with Gasteiger partial charge in [-0.15, -0.1) is 0 Å². The van der Waals surface area contributed by atoms with Crippen LogP contribution in [-0.2, 0) is 25.4 Å². The number of phenolic OH excluding ortho intramolecular Hbond substituents is 11. The van der Waals surface area contributed by atoms with E-state index in [0.717, 1.165) is 17.7 Å². The van der Waals surface area contributed by atoms with E-state index in [1.165, 1.54) is 0 Å². The van der Waals surface area contributed by atoms with Gasteiger partial charge in [0.2, 0.25) is 17.8 Å². The molecule has 5 atom stereocenters. The van der Waals surface area contributed by atoms with Gasteiger partial charge >= 0.3 is 17.9 Å². The summed E-state index contributed by atoms with van der Waals surface area (Å²) in [5.74, 6) is -17.9. The third kappa shape index (κ3) is 8.03. The standard InChI is InChI=1S/C42H34O21/c43-21(7-6-15-4-2-1-3-5-15)29-22(44)10-17(11-23(29)45)60-42-36(55)38(63-39(56)16-8-24(46)32(51)25(47)9-16)37-27(61-42)14-59-40(57)19-13-26(48)33(52)34(53)28(19)18-12-20(41(58)62-37)31(50)35(54)30(18)49/h1-5,8-13,27,36-38,42,44-55H,6-7,14H2/t27-,36-,37-,38-,42-/m1/s1. The number of cyclic esters (lactones) is 1. The van der Waals surface area contributed by atoms with Gasteiger partial charge in [-0.2, -0.15) is 0 Å². The maximum absolute atomic E-state index is 13.9. The molecule has 0 saturated carbocycles. The number of fused-ring (bicyclic) bond motifs is 5. The third-order valence-corrected chi connectivity index (χ3v) is 10.1. The molecule has 63 heavy (non-hydrogen) atoms. The molecule has 0 amide bonds. The minimum Gasteiger partial charge on any atom is -0.507 e. The van der Waals surface area contributed by atoms with E-state index in [9.17, 15) is 80.5 Å². The van der Waals surface area contributed by atoms with Crippen LogP contribution in [0.25, 0.3) is 11.1 Å². The Balaban J connectivity index is 1.29. The van der Waals surface area contributed by atoms with Gasteiger partial charge in [-0.1, -0.05) is 30.3 Å². The molecule has 21 nitrogen and oxygen atoms in total. The molecule has 0 radical (unpaired) electrons. The van der Waals surface area contributed by atoms with Gasteiger partial charge in [0.05, 0.1) is 11.1 Å². The summed E-state index contributed by atoms with van der Waals surface area (Å²) >= 11 is 0. The second-order valence-corrected chi connectivity index (χ2v) is 14.1. The van der Waals surface area contributed by atoms with Crippen LogP contribution in [0, 0.1) is 0 Å². The Morgan fingerprint density at radius 3 is 1.92 bits per heavy atom. The average molecular weight is 875 g/mol. The van der Waals surface area contributed by atoms with Gasteiger partial charge < -0.3 is 85.0 Å². The monoisotopic (exact) mass is 874 g/mol. The van der Waals surface area contributed by atoms with Crippen LogP contribution in [0.1, 0.15) is 53.4 Å². The molecule has 7 rings (SSSR count). The van der Waals surface area contributed by atoms with E-state index >= 15 is 0 Å². The molecule has 2 bridgehead atoms. The number of Topliss-reactive ketones (excluding diaryl/α,β-unsaturated/α-hetero) is 1. The van der Waals surface area contributed by atoms with Crippen LogP contribution in [0.4, 0.5) is 0 Å². The number of benzene rings is 5. The SMILES string of the molecule is O=C(O[C@@H]1[C@@H](O)[C@H](Oc2cc(O)c(C(=O)CCc3ccccc3)c(O)c2)O[C@@H]2COC(=O)c3cc(O)c(O)c(O)c3-c3cc(c(O)c(O)c3O)C(=O)O[C@@H]12)c1cc(O)c(O)c(O)c1. The Labute approximate surface area is 352 Å². The highest BCUT2D eigenvalue weighted by Crippen LogP contribution is 2.52. The minimum atomic E-state index is -2.29. The Morgan fingerprint density at radius 1 is 0.651 bits per heavy atom. The lowest BCUT2D eigenvalue weighted by Crippen LogP contribution is -2.62. The normalized spacial score (nSPS) is 19.5. The summed E-state index contributed by atoms with van der Waals surface area (Å²) in [6.07, 6.45) is -10.5. The van der Waals surface area contributed by atoms with Crippen LogP contribution in [0.3, 0.4) is 0 Å². The first kappa shape index (κ1) is 42.8. The van der Waals surface area contributed by atoms with Crippen LogP contribution >= 0.6 is 0 Å². The first-order valence-corrected chi connectivity index (χ1v) is 18.4. The van der Waals surface area contributed by atoms with Crippen molar-refractivity contribution >= 4 is 23.7 Å². The van der Waals surface area contributed by atoms with E-state index in [1.54, 1.807) is 30.3 Å². The molecule has 328 valence electrons. The summed E-state index contributed by atoms with van der Waals surface area (Å²) in [5.41, 5.74) is -3.80. The van der Waals surface area contributed by atoms with Gasteiger partial charge in [0.25, 0.3) is 0 Å². The van der Waals surface area contributed by atoms with Gasteiger partial charge in [-0.25, -0.2) is 14.4 Å². The van der Waals surface area contributed by atoms with Crippen molar-refractivity contribution in [2.45, 2.75) is 43.5 Å². The molecule has 0 aromatic heterocycles. The molecular weight excluding hydrogens is 840 g/mol. The molecule has 2 heterocycles. The number of ether oxygens (including phenoxy) is 5. The molecule has 2 aliphatic rings. The number of esters is 3. The number of ketones is 1.